The number of hydrogen-bond acceptors (Lipinski definition) is 4. The molecule has 0 radical (unpaired) electrons. The summed E-state index contributed by atoms with van der Waals surface area (Å²) in [4.78, 5) is 25.2. The van der Waals surface area contributed by atoms with Gasteiger partial charge in [-0.2, -0.15) is 0 Å². The zero-order valence-electron chi connectivity index (χ0n) is 11.6. The average Bonchev–Trinajstić information content (AvgIpc) is 2.78. The largest absolute Gasteiger partial charge is 0.479 e. The van der Waals surface area contributed by atoms with E-state index in [0.29, 0.717) is 19.4 Å². The van der Waals surface area contributed by atoms with E-state index in [0.717, 1.165) is 19.5 Å². The van der Waals surface area contributed by atoms with Gasteiger partial charge in [0.2, 0.25) is 5.91 Å². The molecule has 0 bridgehead atoms. The SMILES string of the molecule is CCC1(C(=O)O)CCCN1C(=O)COC1(C)CNC1. The molecule has 6 heteroatoms. The second kappa shape index (κ2) is 5.09. The molecule has 19 heavy (non-hydrogen) atoms. The molecule has 108 valence electrons. The summed E-state index contributed by atoms with van der Waals surface area (Å²) in [7, 11) is 0. The molecule has 2 rings (SSSR count). The van der Waals surface area contributed by atoms with Crippen molar-refractivity contribution in [2.24, 2.45) is 0 Å². The summed E-state index contributed by atoms with van der Waals surface area (Å²) < 4.78 is 5.61. The zero-order chi connectivity index (χ0) is 14.1. The molecule has 2 fully saturated rings. The Morgan fingerprint density at radius 3 is 2.58 bits per heavy atom. The zero-order valence-corrected chi connectivity index (χ0v) is 11.6. The van der Waals surface area contributed by atoms with Crippen LogP contribution in [0.15, 0.2) is 0 Å². The molecular formula is C13H22N2O4. The first-order valence-electron chi connectivity index (χ1n) is 6.82. The van der Waals surface area contributed by atoms with Crippen LogP contribution in [0.3, 0.4) is 0 Å². The second-order valence-corrected chi connectivity index (χ2v) is 5.68. The van der Waals surface area contributed by atoms with Gasteiger partial charge in [0, 0.05) is 19.6 Å². The number of carboxylic acids is 1. The quantitative estimate of drug-likeness (QED) is 0.747. The van der Waals surface area contributed by atoms with Crippen molar-refractivity contribution in [1.29, 1.82) is 0 Å². The molecule has 2 heterocycles. The summed E-state index contributed by atoms with van der Waals surface area (Å²) in [5, 5.41) is 12.5. The molecule has 6 nitrogen and oxygen atoms in total. The Kier molecular flexibility index (Phi) is 3.82. The van der Waals surface area contributed by atoms with E-state index in [1.54, 1.807) is 0 Å². The molecule has 0 spiro atoms. The third-order valence-corrected chi connectivity index (χ3v) is 4.31. The molecule has 2 aliphatic heterocycles. The molecular weight excluding hydrogens is 248 g/mol. The van der Waals surface area contributed by atoms with Crippen LogP contribution < -0.4 is 5.32 Å². The smallest absolute Gasteiger partial charge is 0.329 e. The lowest BCUT2D eigenvalue weighted by Gasteiger charge is -2.40. The van der Waals surface area contributed by atoms with Crippen LogP contribution in [0.1, 0.15) is 33.1 Å². The average molecular weight is 270 g/mol. The number of rotatable bonds is 5. The van der Waals surface area contributed by atoms with E-state index >= 15 is 0 Å². The van der Waals surface area contributed by atoms with Crippen LogP contribution in [0, 0.1) is 0 Å². The van der Waals surface area contributed by atoms with Gasteiger partial charge in [-0.05, 0) is 26.2 Å². The summed E-state index contributed by atoms with van der Waals surface area (Å²) in [5.74, 6) is -1.12. The molecule has 2 N–H and O–H groups in total. The van der Waals surface area contributed by atoms with Crippen LogP contribution in [-0.2, 0) is 14.3 Å². The molecule has 2 saturated heterocycles. The van der Waals surface area contributed by atoms with Gasteiger partial charge in [0.1, 0.15) is 12.1 Å². The predicted octanol–water partition coefficient (Wildman–Crippen LogP) is 0.221. The first-order valence-corrected chi connectivity index (χ1v) is 6.82. The van der Waals surface area contributed by atoms with Crippen LogP contribution in [-0.4, -0.2) is 59.3 Å². The Morgan fingerprint density at radius 2 is 2.11 bits per heavy atom. The van der Waals surface area contributed by atoms with Gasteiger partial charge in [-0.3, -0.25) is 4.79 Å². The standard InChI is InChI=1S/C13H22N2O4/c1-3-13(11(17)18)5-4-6-15(13)10(16)7-19-12(2)8-14-9-12/h14H,3-9H2,1-2H3,(H,17,18). The van der Waals surface area contributed by atoms with E-state index in [1.807, 2.05) is 13.8 Å². The molecule has 1 unspecified atom stereocenters. The number of nitrogens with zero attached hydrogens (tertiary/aromatic N) is 1. The summed E-state index contributed by atoms with van der Waals surface area (Å²) in [6, 6.07) is 0. The van der Waals surface area contributed by atoms with E-state index in [-0.39, 0.29) is 18.1 Å². The Hall–Kier alpha value is -1.14. The Balaban J connectivity index is 1.99. The lowest BCUT2D eigenvalue weighted by atomic mass is 9.93. The van der Waals surface area contributed by atoms with Crippen molar-refractivity contribution in [3.63, 3.8) is 0 Å². The lowest BCUT2D eigenvalue weighted by Crippen LogP contribution is -2.60. The first-order chi connectivity index (χ1) is 8.93. The van der Waals surface area contributed by atoms with Gasteiger partial charge in [-0.15, -0.1) is 0 Å². The second-order valence-electron chi connectivity index (χ2n) is 5.68. The van der Waals surface area contributed by atoms with Crippen molar-refractivity contribution in [2.75, 3.05) is 26.2 Å². The maximum absolute atomic E-state index is 12.2. The fraction of sp³-hybridized carbons (Fsp3) is 0.846. The van der Waals surface area contributed by atoms with Crippen LogP contribution in [0.25, 0.3) is 0 Å². The molecule has 0 aromatic carbocycles. The lowest BCUT2D eigenvalue weighted by molar-refractivity contribution is -0.162. The van der Waals surface area contributed by atoms with Gasteiger partial charge < -0.3 is 20.1 Å². The molecule has 1 amide bonds. The number of hydrogen-bond donors (Lipinski definition) is 2. The van der Waals surface area contributed by atoms with Crippen LogP contribution >= 0.6 is 0 Å². The van der Waals surface area contributed by atoms with Gasteiger partial charge in [0.25, 0.3) is 0 Å². The highest BCUT2D eigenvalue weighted by Crippen LogP contribution is 2.33. The maximum Gasteiger partial charge on any atom is 0.329 e. The van der Waals surface area contributed by atoms with Crippen LogP contribution in [0.4, 0.5) is 0 Å². The Labute approximate surface area is 113 Å². The van der Waals surface area contributed by atoms with E-state index in [1.165, 1.54) is 4.90 Å². The number of carbonyl (C=O) groups is 2. The van der Waals surface area contributed by atoms with Crippen molar-refractivity contribution < 1.29 is 19.4 Å². The number of likely N-dealkylation sites (tertiary alicyclic amines) is 1. The van der Waals surface area contributed by atoms with Crippen molar-refractivity contribution in [3.8, 4) is 0 Å². The van der Waals surface area contributed by atoms with E-state index in [9.17, 15) is 14.7 Å². The minimum Gasteiger partial charge on any atom is -0.479 e. The van der Waals surface area contributed by atoms with Gasteiger partial charge in [0.15, 0.2) is 0 Å². The highest BCUT2D eigenvalue weighted by molar-refractivity contribution is 5.88. The molecule has 0 aromatic rings. The van der Waals surface area contributed by atoms with Crippen molar-refractivity contribution in [2.45, 2.75) is 44.2 Å². The minimum atomic E-state index is -1.03. The van der Waals surface area contributed by atoms with E-state index in [2.05, 4.69) is 5.32 Å². The monoisotopic (exact) mass is 270 g/mol. The topological polar surface area (TPSA) is 78.9 Å². The maximum atomic E-state index is 12.2. The first kappa shape index (κ1) is 14.3. The molecule has 0 saturated carbocycles. The third-order valence-electron chi connectivity index (χ3n) is 4.31. The Bertz CT molecular complexity index is 381. The highest BCUT2D eigenvalue weighted by Gasteiger charge is 2.48. The molecule has 0 aromatic heterocycles. The summed E-state index contributed by atoms with van der Waals surface area (Å²) in [6.07, 6.45) is 1.71. The van der Waals surface area contributed by atoms with Crippen molar-refractivity contribution >= 4 is 11.9 Å². The summed E-state index contributed by atoms with van der Waals surface area (Å²) in [5.41, 5.74) is -1.31. The minimum absolute atomic E-state index is 0.0345. The van der Waals surface area contributed by atoms with Crippen molar-refractivity contribution in [1.82, 2.24) is 10.2 Å². The highest BCUT2D eigenvalue weighted by atomic mass is 16.5. The number of nitrogens with one attached hydrogen (secondary N) is 1. The van der Waals surface area contributed by atoms with Crippen LogP contribution in [0.2, 0.25) is 0 Å². The number of carboxylic acid groups (broad SMARTS) is 1. The predicted molar refractivity (Wildman–Crippen MR) is 68.8 cm³/mol. The third kappa shape index (κ3) is 2.47. The normalized spacial score (nSPS) is 29.1. The number of aliphatic carboxylic acids is 1. The van der Waals surface area contributed by atoms with Gasteiger partial charge in [-0.1, -0.05) is 6.92 Å². The summed E-state index contributed by atoms with van der Waals surface area (Å²) >= 11 is 0. The van der Waals surface area contributed by atoms with Crippen LogP contribution in [0.5, 0.6) is 0 Å². The number of ether oxygens (including phenoxy) is 1. The Morgan fingerprint density at radius 1 is 1.42 bits per heavy atom. The fourth-order valence-electron chi connectivity index (χ4n) is 2.88. The van der Waals surface area contributed by atoms with Crippen molar-refractivity contribution in [3.05, 3.63) is 0 Å². The van der Waals surface area contributed by atoms with Gasteiger partial charge in [0.05, 0.1) is 5.60 Å². The number of carbonyl (C=O) groups excluding carboxylic acids is 1. The summed E-state index contributed by atoms with van der Waals surface area (Å²) in [6.45, 7) is 5.71. The molecule has 0 aliphatic carbocycles. The number of amides is 1. The molecule has 1 atom stereocenters. The fourth-order valence-corrected chi connectivity index (χ4v) is 2.88. The molecule has 2 aliphatic rings. The van der Waals surface area contributed by atoms with Gasteiger partial charge in [-0.25, -0.2) is 4.79 Å². The van der Waals surface area contributed by atoms with Gasteiger partial charge >= 0.3 is 5.97 Å². The van der Waals surface area contributed by atoms with E-state index in [4.69, 9.17) is 4.74 Å². The van der Waals surface area contributed by atoms with E-state index < -0.39 is 11.5 Å².